The summed E-state index contributed by atoms with van der Waals surface area (Å²) < 4.78 is 7.22. The van der Waals surface area contributed by atoms with Gasteiger partial charge < -0.3 is 10.1 Å². The molecule has 0 saturated heterocycles. The molecule has 1 heterocycles. The van der Waals surface area contributed by atoms with E-state index in [-0.39, 0.29) is 17.2 Å². The summed E-state index contributed by atoms with van der Waals surface area (Å²) in [5.74, 6) is 0.756. The Labute approximate surface area is 196 Å². The molecule has 0 bridgehead atoms. The quantitative estimate of drug-likeness (QED) is 0.242. The normalized spacial score (nSPS) is 10.8. The molecular weight excluding hydrogens is 434 g/mol. The number of fused-ring (bicyclic) bond motifs is 1. The van der Waals surface area contributed by atoms with Gasteiger partial charge in [-0.25, -0.2) is 4.98 Å². The van der Waals surface area contributed by atoms with E-state index in [0.29, 0.717) is 29.2 Å². The highest BCUT2D eigenvalue weighted by Crippen LogP contribution is 2.23. The van der Waals surface area contributed by atoms with Crippen molar-refractivity contribution in [2.45, 2.75) is 19.0 Å². The van der Waals surface area contributed by atoms with Crippen LogP contribution in [0.4, 0.5) is 0 Å². The maximum absolute atomic E-state index is 13.4. The molecule has 0 aliphatic rings. The highest BCUT2D eigenvalue weighted by molar-refractivity contribution is 7.99. The SMILES string of the molecule is Cc1ccc(C)c(-n2c(SCC(=O)NCCOc3ccccc3)nc3ccccc3c2=O)c1. The molecule has 0 spiro atoms. The maximum atomic E-state index is 13.4. The number of thioether (sulfide) groups is 1. The molecule has 0 atom stereocenters. The molecule has 0 unspecified atom stereocenters. The average molecular weight is 460 g/mol. The number of nitrogens with one attached hydrogen (secondary N) is 1. The first kappa shape index (κ1) is 22.6. The summed E-state index contributed by atoms with van der Waals surface area (Å²) in [6.07, 6.45) is 0. The minimum Gasteiger partial charge on any atom is -0.492 e. The van der Waals surface area contributed by atoms with Crippen molar-refractivity contribution in [1.29, 1.82) is 0 Å². The Hall–Kier alpha value is -3.58. The summed E-state index contributed by atoms with van der Waals surface area (Å²) in [7, 11) is 0. The third kappa shape index (κ3) is 5.43. The van der Waals surface area contributed by atoms with Crippen molar-refractivity contribution in [3.05, 3.63) is 94.3 Å². The third-order valence-electron chi connectivity index (χ3n) is 5.12. The second kappa shape index (κ2) is 10.4. The molecule has 1 N–H and O–H groups in total. The predicted octanol–water partition coefficient (Wildman–Crippen LogP) is 4.29. The number of rotatable bonds is 8. The van der Waals surface area contributed by atoms with Crippen LogP contribution in [-0.4, -0.2) is 34.4 Å². The van der Waals surface area contributed by atoms with Crippen molar-refractivity contribution in [3.63, 3.8) is 0 Å². The van der Waals surface area contributed by atoms with Gasteiger partial charge in [-0.3, -0.25) is 14.2 Å². The fourth-order valence-corrected chi connectivity index (χ4v) is 4.27. The van der Waals surface area contributed by atoms with Gasteiger partial charge in [0.1, 0.15) is 12.4 Å². The molecule has 0 radical (unpaired) electrons. The van der Waals surface area contributed by atoms with Crippen molar-refractivity contribution in [1.82, 2.24) is 14.9 Å². The molecule has 4 rings (SSSR count). The molecule has 0 aliphatic carbocycles. The Balaban J connectivity index is 1.51. The fourth-order valence-electron chi connectivity index (χ4n) is 3.44. The molecule has 4 aromatic rings. The van der Waals surface area contributed by atoms with Crippen molar-refractivity contribution < 1.29 is 9.53 Å². The minimum absolute atomic E-state index is 0.140. The lowest BCUT2D eigenvalue weighted by Gasteiger charge is -2.16. The monoisotopic (exact) mass is 459 g/mol. The smallest absolute Gasteiger partial charge is 0.266 e. The first-order chi connectivity index (χ1) is 16.0. The van der Waals surface area contributed by atoms with Crippen LogP contribution in [0.2, 0.25) is 0 Å². The molecule has 0 fully saturated rings. The van der Waals surface area contributed by atoms with E-state index in [1.807, 2.05) is 80.6 Å². The van der Waals surface area contributed by atoms with Crippen LogP contribution >= 0.6 is 11.8 Å². The number of amides is 1. The summed E-state index contributed by atoms with van der Waals surface area (Å²) in [6.45, 7) is 4.72. The van der Waals surface area contributed by atoms with Crippen LogP contribution in [0, 0.1) is 13.8 Å². The topological polar surface area (TPSA) is 73.2 Å². The summed E-state index contributed by atoms with van der Waals surface area (Å²) in [6, 6.07) is 22.7. The lowest BCUT2D eigenvalue weighted by Crippen LogP contribution is -2.30. The highest BCUT2D eigenvalue weighted by atomic mass is 32.2. The Bertz CT molecular complexity index is 1340. The van der Waals surface area contributed by atoms with E-state index in [1.165, 1.54) is 11.8 Å². The van der Waals surface area contributed by atoms with E-state index >= 15 is 0 Å². The zero-order valence-electron chi connectivity index (χ0n) is 18.6. The van der Waals surface area contributed by atoms with Crippen LogP contribution in [0.1, 0.15) is 11.1 Å². The molecule has 0 aliphatic heterocycles. The number of carbonyl (C=O) groups excluding carboxylic acids is 1. The van der Waals surface area contributed by atoms with Gasteiger partial charge in [0.2, 0.25) is 5.91 Å². The Morgan fingerprint density at radius 1 is 1.03 bits per heavy atom. The van der Waals surface area contributed by atoms with Crippen molar-refractivity contribution >= 4 is 28.6 Å². The number of nitrogens with zero attached hydrogens (tertiary/aromatic N) is 2. The van der Waals surface area contributed by atoms with Crippen LogP contribution in [0.3, 0.4) is 0 Å². The fraction of sp³-hybridized carbons (Fsp3) is 0.192. The first-order valence-electron chi connectivity index (χ1n) is 10.7. The Morgan fingerprint density at radius 3 is 2.61 bits per heavy atom. The molecule has 33 heavy (non-hydrogen) atoms. The second-order valence-corrected chi connectivity index (χ2v) is 8.58. The van der Waals surface area contributed by atoms with Gasteiger partial charge in [-0.05, 0) is 55.3 Å². The first-order valence-corrected chi connectivity index (χ1v) is 11.7. The van der Waals surface area contributed by atoms with Crippen molar-refractivity contribution in [2.24, 2.45) is 0 Å². The van der Waals surface area contributed by atoms with E-state index in [0.717, 1.165) is 22.6 Å². The minimum atomic E-state index is -0.147. The summed E-state index contributed by atoms with van der Waals surface area (Å²) in [5, 5.41) is 3.89. The van der Waals surface area contributed by atoms with E-state index in [4.69, 9.17) is 9.72 Å². The number of hydrogen-bond donors (Lipinski definition) is 1. The van der Waals surface area contributed by atoms with Gasteiger partial charge in [0, 0.05) is 0 Å². The van der Waals surface area contributed by atoms with Crippen LogP contribution in [-0.2, 0) is 4.79 Å². The predicted molar refractivity (Wildman–Crippen MR) is 132 cm³/mol. The summed E-state index contributed by atoms with van der Waals surface area (Å²) >= 11 is 1.25. The lowest BCUT2D eigenvalue weighted by atomic mass is 10.1. The maximum Gasteiger partial charge on any atom is 0.266 e. The van der Waals surface area contributed by atoms with E-state index in [1.54, 1.807) is 10.6 Å². The van der Waals surface area contributed by atoms with Gasteiger partial charge in [0.15, 0.2) is 5.16 Å². The van der Waals surface area contributed by atoms with Gasteiger partial charge in [-0.2, -0.15) is 0 Å². The van der Waals surface area contributed by atoms with Crippen LogP contribution in [0.25, 0.3) is 16.6 Å². The van der Waals surface area contributed by atoms with Gasteiger partial charge in [0.25, 0.3) is 5.56 Å². The molecule has 1 aromatic heterocycles. The molecule has 6 nitrogen and oxygen atoms in total. The Kier molecular flexibility index (Phi) is 7.10. The second-order valence-electron chi connectivity index (χ2n) is 7.64. The molecule has 168 valence electrons. The molecule has 7 heteroatoms. The van der Waals surface area contributed by atoms with E-state index < -0.39 is 0 Å². The zero-order valence-corrected chi connectivity index (χ0v) is 19.4. The van der Waals surface area contributed by atoms with Gasteiger partial charge >= 0.3 is 0 Å². The number of para-hydroxylation sites is 2. The van der Waals surface area contributed by atoms with Crippen molar-refractivity contribution in [3.8, 4) is 11.4 Å². The largest absolute Gasteiger partial charge is 0.492 e. The number of aryl methyl sites for hydroxylation is 2. The van der Waals surface area contributed by atoms with Crippen LogP contribution in [0.5, 0.6) is 5.75 Å². The Morgan fingerprint density at radius 2 is 1.79 bits per heavy atom. The lowest BCUT2D eigenvalue weighted by molar-refractivity contribution is -0.118. The van der Waals surface area contributed by atoms with E-state index in [2.05, 4.69) is 5.32 Å². The number of ether oxygens (including phenoxy) is 1. The standard InChI is InChI=1S/C26H25N3O3S/c1-18-12-13-19(2)23(16-18)29-25(31)21-10-6-7-11-22(21)28-26(29)33-17-24(30)27-14-15-32-20-8-4-3-5-9-20/h3-13,16H,14-15,17H2,1-2H3,(H,27,30). The van der Waals surface area contributed by atoms with Crippen LogP contribution in [0.15, 0.2) is 82.7 Å². The third-order valence-corrected chi connectivity index (χ3v) is 6.06. The van der Waals surface area contributed by atoms with Gasteiger partial charge in [-0.15, -0.1) is 0 Å². The molecular formula is C26H25N3O3S. The molecule has 3 aromatic carbocycles. The number of carbonyl (C=O) groups is 1. The van der Waals surface area contributed by atoms with Gasteiger partial charge in [0.05, 0.1) is 28.9 Å². The number of aromatic nitrogens is 2. The summed E-state index contributed by atoms with van der Waals surface area (Å²) in [4.78, 5) is 30.6. The number of benzene rings is 3. The average Bonchev–Trinajstić information content (AvgIpc) is 2.83. The molecule has 0 saturated carbocycles. The van der Waals surface area contributed by atoms with Crippen LogP contribution < -0.4 is 15.6 Å². The highest BCUT2D eigenvalue weighted by Gasteiger charge is 2.16. The number of hydrogen-bond acceptors (Lipinski definition) is 5. The van der Waals surface area contributed by atoms with E-state index in [9.17, 15) is 9.59 Å². The zero-order chi connectivity index (χ0) is 23.2. The van der Waals surface area contributed by atoms with Gasteiger partial charge in [-0.1, -0.05) is 54.2 Å². The molecule has 1 amide bonds. The summed E-state index contributed by atoms with van der Waals surface area (Å²) in [5.41, 5.74) is 3.25. The van der Waals surface area contributed by atoms with Crippen molar-refractivity contribution in [2.75, 3.05) is 18.9 Å².